The van der Waals surface area contributed by atoms with Crippen LogP contribution in [0, 0.1) is 5.82 Å². The van der Waals surface area contributed by atoms with E-state index in [-0.39, 0.29) is 11.2 Å². The van der Waals surface area contributed by atoms with Gasteiger partial charge in [-0.15, -0.1) is 0 Å². The number of benzene rings is 5. The summed E-state index contributed by atoms with van der Waals surface area (Å²) in [6.45, 7) is 0. The van der Waals surface area contributed by atoms with Crippen LogP contribution in [0.2, 0.25) is 0 Å². The van der Waals surface area contributed by atoms with E-state index in [1.54, 1.807) is 12.1 Å². The summed E-state index contributed by atoms with van der Waals surface area (Å²) in [5.74, 6) is -0.233. The Labute approximate surface area is 192 Å². The van der Waals surface area contributed by atoms with Crippen LogP contribution in [0.25, 0.3) is 22.3 Å². The average molecular weight is 426 g/mol. The first kappa shape index (κ1) is 18.4. The second kappa shape index (κ2) is 6.66. The first-order valence-corrected chi connectivity index (χ1v) is 11.2. The lowest BCUT2D eigenvalue weighted by Gasteiger charge is -2.30. The summed E-state index contributed by atoms with van der Waals surface area (Å²) in [4.78, 5) is 0. The number of rotatable bonds is 2. The van der Waals surface area contributed by atoms with E-state index in [1.165, 1.54) is 56.6 Å². The van der Waals surface area contributed by atoms with Crippen molar-refractivity contribution in [1.29, 1.82) is 0 Å². The molecule has 33 heavy (non-hydrogen) atoms. The van der Waals surface area contributed by atoms with E-state index in [4.69, 9.17) is 0 Å². The van der Waals surface area contributed by atoms with Gasteiger partial charge < -0.3 is 5.32 Å². The summed E-state index contributed by atoms with van der Waals surface area (Å²) in [6, 6.07) is 39.5. The number of halogens is 1. The summed E-state index contributed by atoms with van der Waals surface area (Å²) in [5.41, 5.74) is 11.9. The van der Waals surface area contributed by atoms with Crippen LogP contribution in [0.5, 0.6) is 0 Å². The molecule has 5 aromatic carbocycles. The molecule has 0 fully saturated rings. The van der Waals surface area contributed by atoms with Gasteiger partial charge in [0.2, 0.25) is 0 Å². The molecule has 0 saturated heterocycles. The van der Waals surface area contributed by atoms with Crippen LogP contribution in [0.15, 0.2) is 115 Å². The van der Waals surface area contributed by atoms with Crippen LogP contribution >= 0.6 is 0 Å². The minimum absolute atomic E-state index is 0.233. The fraction of sp³-hybridized carbons (Fsp3) is 0.0323. The SMILES string of the molecule is Fc1ccc(Nc2ccc3c(c2)C2(c4ccccc4-c4ccccc42)c2ccccc2-3)cc1. The smallest absolute Gasteiger partial charge is 0.123 e. The van der Waals surface area contributed by atoms with Gasteiger partial charge in [-0.05, 0) is 80.9 Å². The Kier molecular flexibility index (Phi) is 3.72. The van der Waals surface area contributed by atoms with E-state index in [0.717, 1.165) is 11.4 Å². The van der Waals surface area contributed by atoms with Crippen molar-refractivity contribution >= 4 is 11.4 Å². The zero-order valence-electron chi connectivity index (χ0n) is 17.8. The largest absolute Gasteiger partial charge is 0.356 e. The van der Waals surface area contributed by atoms with Crippen molar-refractivity contribution < 1.29 is 4.39 Å². The van der Waals surface area contributed by atoms with Gasteiger partial charge in [-0.3, -0.25) is 0 Å². The van der Waals surface area contributed by atoms with Crippen LogP contribution in [0.4, 0.5) is 15.8 Å². The maximum absolute atomic E-state index is 13.4. The van der Waals surface area contributed by atoms with E-state index in [1.807, 2.05) is 0 Å². The van der Waals surface area contributed by atoms with Gasteiger partial charge in [0.15, 0.2) is 0 Å². The molecule has 5 aromatic rings. The predicted octanol–water partition coefficient (Wildman–Crippen LogP) is 7.91. The highest BCUT2D eigenvalue weighted by Crippen LogP contribution is 2.62. The van der Waals surface area contributed by atoms with Crippen molar-refractivity contribution in [1.82, 2.24) is 0 Å². The van der Waals surface area contributed by atoms with Gasteiger partial charge in [-0.2, -0.15) is 0 Å². The Hall–Kier alpha value is -4.17. The number of anilines is 2. The Morgan fingerprint density at radius 3 is 1.45 bits per heavy atom. The lowest BCUT2D eigenvalue weighted by molar-refractivity contribution is 0.628. The molecule has 0 amide bonds. The second-order valence-corrected chi connectivity index (χ2v) is 8.78. The molecule has 1 N–H and O–H groups in total. The van der Waals surface area contributed by atoms with Crippen molar-refractivity contribution in [3.05, 3.63) is 143 Å². The lowest BCUT2D eigenvalue weighted by Crippen LogP contribution is -2.25. The summed E-state index contributed by atoms with van der Waals surface area (Å²) in [5, 5.41) is 3.48. The fourth-order valence-corrected chi connectivity index (χ4v) is 5.87. The van der Waals surface area contributed by atoms with E-state index < -0.39 is 0 Å². The van der Waals surface area contributed by atoms with Gasteiger partial charge in [0.1, 0.15) is 5.82 Å². The third-order valence-corrected chi connectivity index (χ3v) is 7.13. The van der Waals surface area contributed by atoms with Crippen LogP contribution in [0.3, 0.4) is 0 Å². The Bertz CT molecular complexity index is 1480. The van der Waals surface area contributed by atoms with Gasteiger partial charge in [0.25, 0.3) is 0 Å². The molecule has 0 saturated carbocycles. The first-order chi connectivity index (χ1) is 16.3. The normalized spacial score (nSPS) is 13.8. The standard InChI is InChI=1S/C31H20FN/c32-20-13-15-21(16-14-20)33-22-17-18-26-25-9-3-6-12-29(25)31(30(26)19-22)27-10-4-1-7-23(27)24-8-2-5-11-28(24)31/h1-19,33H. The average Bonchev–Trinajstić information content (AvgIpc) is 3.33. The van der Waals surface area contributed by atoms with Gasteiger partial charge in [-0.1, -0.05) is 78.9 Å². The van der Waals surface area contributed by atoms with Gasteiger partial charge >= 0.3 is 0 Å². The van der Waals surface area contributed by atoms with Crippen LogP contribution in [0.1, 0.15) is 22.3 Å². The number of hydrogen-bond acceptors (Lipinski definition) is 1. The van der Waals surface area contributed by atoms with Crippen molar-refractivity contribution in [2.24, 2.45) is 0 Å². The highest BCUT2D eigenvalue weighted by Gasteiger charge is 2.51. The molecule has 0 heterocycles. The zero-order chi connectivity index (χ0) is 22.0. The highest BCUT2D eigenvalue weighted by molar-refractivity contribution is 5.95. The molecule has 0 unspecified atom stereocenters. The lowest BCUT2D eigenvalue weighted by atomic mass is 9.70. The molecular weight excluding hydrogens is 405 g/mol. The quantitative estimate of drug-likeness (QED) is 0.297. The number of nitrogens with one attached hydrogen (secondary N) is 1. The highest BCUT2D eigenvalue weighted by atomic mass is 19.1. The Balaban J connectivity index is 1.52. The molecule has 2 aliphatic carbocycles. The van der Waals surface area contributed by atoms with Crippen LogP contribution in [-0.4, -0.2) is 0 Å². The predicted molar refractivity (Wildman–Crippen MR) is 132 cm³/mol. The summed E-state index contributed by atoms with van der Waals surface area (Å²) >= 11 is 0. The van der Waals surface area contributed by atoms with E-state index in [0.29, 0.717) is 0 Å². The summed E-state index contributed by atoms with van der Waals surface area (Å²) in [7, 11) is 0. The van der Waals surface area contributed by atoms with E-state index in [2.05, 4.69) is 96.3 Å². The summed E-state index contributed by atoms with van der Waals surface area (Å²) < 4.78 is 13.4. The molecular formula is C31H20FN. The summed E-state index contributed by atoms with van der Waals surface area (Å²) in [6.07, 6.45) is 0. The molecule has 0 radical (unpaired) electrons. The molecule has 2 aliphatic rings. The zero-order valence-corrected chi connectivity index (χ0v) is 17.8. The number of fused-ring (bicyclic) bond motifs is 10. The minimum Gasteiger partial charge on any atom is -0.356 e. The molecule has 0 bridgehead atoms. The third kappa shape index (κ3) is 2.41. The molecule has 0 atom stereocenters. The number of hydrogen-bond donors (Lipinski definition) is 1. The van der Waals surface area contributed by atoms with Gasteiger partial charge in [-0.25, -0.2) is 4.39 Å². The molecule has 2 heteroatoms. The second-order valence-electron chi connectivity index (χ2n) is 8.78. The Morgan fingerprint density at radius 2 is 0.909 bits per heavy atom. The molecule has 1 nitrogen and oxygen atoms in total. The van der Waals surface area contributed by atoms with Crippen LogP contribution < -0.4 is 5.32 Å². The molecule has 1 spiro atoms. The fourth-order valence-electron chi connectivity index (χ4n) is 5.87. The monoisotopic (exact) mass is 425 g/mol. The topological polar surface area (TPSA) is 12.0 Å². The molecule has 0 aliphatic heterocycles. The van der Waals surface area contributed by atoms with E-state index >= 15 is 0 Å². The third-order valence-electron chi connectivity index (χ3n) is 7.13. The molecule has 156 valence electrons. The van der Waals surface area contributed by atoms with Crippen molar-refractivity contribution in [3.8, 4) is 22.3 Å². The van der Waals surface area contributed by atoms with Crippen molar-refractivity contribution in [2.75, 3.05) is 5.32 Å². The minimum atomic E-state index is -0.348. The van der Waals surface area contributed by atoms with Crippen molar-refractivity contribution in [2.45, 2.75) is 5.41 Å². The Morgan fingerprint density at radius 1 is 0.455 bits per heavy atom. The van der Waals surface area contributed by atoms with Gasteiger partial charge in [0.05, 0.1) is 5.41 Å². The van der Waals surface area contributed by atoms with E-state index in [9.17, 15) is 4.39 Å². The maximum atomic E-state index is 13.4. The molecule has 0 aromatic heterocycles. The van der Waals surface area contributed by atoms with Crippen molar-refractivity contribution in [3.63, 3.8) is 0 Å². The van der Waals surface area contributed by atoms with Crippen LogP contribution in [-0.2, 0) is 5.41 Å². The maximum Gasteiger partial charge on any atom is 0.123 e. The first-order valence-electron chi connectivity index (χ1n) is 11.2. The van der Waals surface area contributed by atoms with Gasteiger partial charge in [0, 0.05) is 11.4 Å². The molecule has 7 rings (SSSR count).